The van der Waals surface area contributed by atoms with Crippen molar-refractivity contribution in [3.8, 4) is 0 Å². The van der Waals surface area contributed by atoms with Crippen LogP contribution < -0.4 is 0 Å². The molecule has 0 radical (unpaired) electrons. The van der Waals surface area contributed by atoms with Crippen LogP contribution >= 0.6 is 12.2 Å². The second kappa shape index (κ2) is 4.02. The molecule has 1 aliphatic rings. The van der Waals surface area contributed by atoms with Crippen LogP contribution in [0.15, 0.2) is 0 Å². The zero-order valence-corrected chi connectivity index (χ0v) is 7.99. The lowest BCUT2D eigenvalue weighted by molar-refractivity contribution is 0.107. The highest BCUT2D eigenvalue weighted by Crippen LogP contribution is 2.12. The molecule has 0 aromatic rings. The largest absolute Gasteiger partial charge is 0.484 e. The van der Waals surface area contributed by atoms with Crippen molar-refractivity contribution in [2.75, 3.05) is 20.1 Å². The molecule has 1 saturated heterocycles. The molecule has 1 fully saturated rings. The number of ether oxygens (including phenoxy) is 1. The van der Waals surface area contributed by atoms with E-state index in [-0.39, 0.29) is 0 Å². The summed E-state index contributed by atoms with van der Waals surface area (Å²) in [6, 6.07) is 0. The van der Waals surface area contributed by atoms with Crippen LogP contribution in [0.4, 0.5) is 0 Å². The lowest BCUT2D eigenvalue weighted by Gasteiger charge is -2.28. The summed E-state index contributed by atoms with van der Waals surface area (Å²) in [5, 5.41) is 0.680. The quantitative estimate of drug-likeness (QED) is 0.557. The van der Waals surface area contributed by atoms with Crippen LogP contribution in [0, 0.1) is 0 Å². The van der Waals surface area contributed by atoms with E-state index in [4.69, 9.17) is 17.0 Å². The lowest BCUT2D eigenvalue weighted by atomic mass is 10.1. The first-order valence-corrected chi connectivity index (χ1v) is 4.45. The Balaban J connectivity index is 2.22. The minimum atomic E-state index is 0.378. The van der Waals surface area contributed by atoms with Gasteiger partial charge in [0.05, 0.1) is 0 Å². The fourth-order valence-electron chi connectivity index (χ4n) is 1.34. The normalized spacial score (nSPS) is 21.6. The Bertz CT molecular complexity index is 141. The molecule has 0 N–H and O–H groups in total. The van der Waals surface area contributed by atoms with Gasteiger partial charge in [0.2, 0.25) is 0 Å². The summed E-state index contributed by atoms with van der Waals surface area (Å²) in [6.07, 6.45) is 2.61. The molecule has 3 heteroatoms. The first-order valence-electron chi connectivity index (χ1n) is 4.04. The molecule has 0 aromatic carbocycles. The molecule has 0 bridgehead atoms. The fourth-order valence-corrected chi connectivity index (χ4v) is 1.47. The highest BCUT2D eigenvalue weighted by molar-refractivity contribution is 7.80. The van der Waals surface area contributed by atoms with Crippen LogP contribution in [0.2, 0.25) is 0 Å². The summed E-state index contributed by atoms with van der Waals surface area (Å²) in [5.41, 5.74) is 0. The van der Waals surface area contributed by atoms with Gasteiger partial charge in [-0.2, -0.15) is 0 Å². The van der Waals surface area contributed by atoms with E-state index in [9.17, 15) is 0 Å². The van der Waals surface area contributed by atoms with E-state index in [1.54, 1.807) is 0 Å². The van der Waals surface area contributed by atoms with E-state index >= 15 is 0 Å². The maximum Gasteiger partial charge on any atom is 0.157 e. The molecule has 1 rings (SSSR count). The molecule has 0 saturated carbocycles. The molecule has 0 amide bonds. The maximum absolute atomic E-state index is 5.44. The molecular weight excluding hydrogens is 158 g/mol. The molecule has 1 heterocycles. The van der Waals surface area contributed by atoms with E-state index < -0.39 is 0 Å². The third-order valence-electron chi connectivity index (χ3n) is 2.00. The molecule has 0 spiro atoms. The third-order valence-corrected chi connectivity index (χ3v) is 2.09. The Morgan fingerprint density at radius 1 is 1.45 bits per heavy atom. The van der Waals surface area contributed by atoms with Gasteiger partial charge in [0, 0.05) is 20.0 Å². The average molecular weight is 173 g/mol. The molecule has 0 aliphatic carbocycles. The van der Waals surface area contributed by atoms with E-state index in [1.807, 2.05) is 6.92 Å². The van der Waals surface area contributed by atoms with E-state index in [0.29, 0.717) is 11.2 Å². The summed E-state index contributed by atoms with van der Waals surface area (Å²) in [5.74, 6) is 0. The lowest BCUT2D eigenvalue weighted by Crippen LogP contribution is -2.34. The molecule has 1 aliphatic heterocycles. The first kappa shape index (κ1) is 8.94. The highest BCUT2D eigenvalue weighted by atomic mass is 32.1. The van der Waals surface area contributed by atoms with E-state index in [1.165, 1.54) is 0 Å². The average Bonchev–Trinajstić information content (AvgIpc) is 1.93. The zero-order valence-electron chi connectivity index (χ0n) is 7.17. The van der Waals surface area contributed by atoms with Gasteiger partial charge >= 0.3 is 0 Å². The van der Waals surface area contributed by atoms with Gasteiger partial charge in [-0.25, -0.2) is 0 Å². The number of rotatable bonds is 1. The first-order chi connectivity index (χ1) is 5.18. The predicted octanol–water partition coefficient (Wildman–Crippen LogP) is 1.44. The van der Waals surface area contributed by atoms with Gasteiger partial charge in [-0.3, -0.25) is 0 Å². The molecule has 2 nitrogen and oxygen atoms in total. The molecule has 64 valence electrons. The number of hydrogen-bond acceptors (Lipinski definition) is 3. The van der Waals surface area contributed by atoms with Crippen LogP contribution in [-0.2, 0) is 4.74 Å². The Kier molecular flexibility index (Phi) is 3.27. The van der Waals surface area contributed by atoms with Crippen LogP contribution in [0.5, 0.6) is 0 Å². The topological polar surface area (TPSA) is 12.5 Å². The van der Waals surface area contributed by atoms with Crippen molar-refractivity contribution in [3.63, 3.8) is 0 Å². The van der Waals surface area contributed by atoms with Gasteiger partial charge in [-0.15, -0.1) is 0 Å². The van der Waals surface area contributed by atoms with Crippen LogP contribution in [-0.4, -0.2) is 36.2 Å². The van der Waals surface area contributed by atoms with Gasteiger partial charge in [-0.1, -0.05) is 0 Å². The standard InChI is InChI=1S/C8H15NOS/c1-7(11)10-8-3-5-9(2)6-4-8/h8H,3-6H2,1-2H3. The van der Waals surface area contributed by atoms with Crippen molar-refractivity contribution in [1.82, 2.24) is 4.90 Å². The second-order valence-electron chi connectivity index (χ2n) is 3.11. The van der Waals surface area contributed by atoms with Crippen LogP contribution in [0.1, 0.15) is 19.8 Å². The van der Waals surface area contributed by atoms with Crippen molar-refractivity contribution in [2.45, 2.75) is 25.9 Å². The Morgan fingerprint density at radius 2 is 2.00 bits per heavy atom. The SMILES string of the molecule is CC(=S)OC1CCN(C)CC1. The predicted molar refractivity (Wildman–Crippen MR) is 49.9 cm³/mol. The molecule has 11 heavy (non-hydrogen) atoms. The van der Waals surface area contributed by atoms with Crippen LogP contribution in [0.3, 0.4) is 0 Å². The fraction of sp³-hybridized carbons (Fsp3) is 0.875. The third kappa shape index (κ3) is 3.16. The minimum absolute atomic E-state index is 0.378. The number of likely N-dealkylation sites (tertiary alicyclic amines) is 1. The number of piperidine rings is 1. The second-order valence-corrected chi connectivity index (χ2v) is 3.69. The number of thiocarbonyl (C=S) groups is 1. The number of nitrogens with zero attached hydrogens (tertiary/aromatic N) is 1. The van der Waals surface area contributed by atoms with Gasteiger partial charge in [0.15, 0.2) is 5.05 Å². The molecule has 0 aromatic heterocycles. The highest BCUT2D eigenvalue weighted by Gasteiger charge is 2.17. The Morgan fingerprint density at radius 3 is 2.45 bits per heavy atom. The number of hydrogen-bond donors (Lipinski definition) is 0. The molecule has 0 atom stereocenters. The summed E-state index contributed by atoms with van der Waals surface area (Å²) in [6.45, 7) is 4.11. The zero-order chi connectivity index (χ0) is 8.27. The van der Waals surface area contributed by atoms with E-state index in [2.05, 4.69) is 11.9 Å². The van der Waals surface area contributed by atoms with Crippen molar-refractivity contribution in [3.05, 3.63) is 0 Å². The van der Waals surface area contributed by atoms with Gasteiger partial charge < -0.3 is 9.64 Å². The molecule has 0 unspecified atom stereocenters. The smallest absolute Gasteiger partial charge is 0.157 e. The summed E-state index contributed by atoms with van der Waals surface area (Å²) >= 11 is 4.87. The van der Waals surface area contributed by atoms with E-state index in [0.717, 1.165) is 25.9 Å². The monoisotopic (exact) mass is 173 g/mol. The summed E-state index contributed by atoms with van der Waals surface area (Å²) in [7, 11) is 2.14. The maximum atomic E-state index is 5.44. The summed E-state index contributed by atoms with van der Waals surface area (Å²) in [4.78, 5) is 2.32. The molecular formula is C8H15NOS. The van der Waals surface area contributed by atoms with Crippen LogP contribution in [0.25, 0.3) is 0 Å². The summed E-state index contributed by atoms with van der Waals surface area (Å²) < 4.78 is 5.44. The van der Waals surface area contributed by atoms with Crippen molar-refractivity contribution >= 4 is 17.3 Å². The minimum Gasteiger partial charge on any atom is -0.484 e. The van der Waals surface area contributed by atoms with Crippen molar-refractivity contribution in [2.24, 2.45) is 0 Å². The van der Waals surface area contributed by atoms with Gasteiger partial charge in [-0.05, 0) is 32.1 Å². The van der Waals surface area contributed by atoms with Crippen molar-refractivity contribution < 1.29 is 4.74 Å². The van der Waals surface area contributed by atoms with Gasteiger partial charge in [0.1, 0.15) is 6.10 Å². The van der Waals surface area contributed by atoms with Crippen molar-refractivity contribution in [1.29, 1.82) is 0 Å². The Labute approximate surface area is 73.5 Å². The Hall–Kier alpha value is -0.150. The van der Waals surface area contributed by atoms with Gasteiger partial charge in [0.25, 0.3) is 0 Å².